The van der Waals surface area contributed by atoms with E-state index in [2.05, 4.69) is 9.46 Å². The van der Waals surface area contributed by atoms with Gasteiger partial charge in [-0.25, -0.2) is 17.9 Å². The van der Waals surface area contributed by atoms with Gasteiger partial charge in [-0.1, -0.05) is 12.1 Å². The van der Waals surface area contributed by atoms with Gasteiger partial charge in [-0.3, -0.25) is 0 Å². The summed E-state index contributed by atoms with van der Waals surface area (Å²) in [5, 5.41) is 8.53. The molecule has 0 saturated heterocycles. The Labute approximate surface area is 112 Å². The Kier molecular flexibility index (Phi) is 5.03. The standard InChI is InChI=1S/C12H14N2O4S/c1-9(7-8-13)14-19(16,17)11-6-4-3-5-10(11)12(15)18-2/h3-6,9,14H,7H2,1-2H3. The number of carbonyl (C=O) groups excluding carboxylic acids is 1. The Morgan fingerprint density at radius 2 is 2.11 bits per heavy atom. The number of nitrogens with zero attached hydrogens (tertiary/aromatic N) is 1. The van der Waals surface area contributed by atoms with Gasteiger partial charge in [-0.05, 0) is 19.1 Å². The van der Waals surface area contributed by atoms with Crippen LogP contribution in [0, 0.1) is 11.3 Å². The van der Waals surface area contributed by atoms with E-state index in [0.29, 0.717) is 0 Å². The van der Waals surface area contributed by atoms with E-state index >= 15 is 0 Å². The van der Waals surface area contributed by atoms with E-state index in [9.17, 15) is 13.2 Å². The molecule has 0 bridgehead atoms. The second-order valence-electron chi connectivity index (χ2n) is 3.87. The molecule has 1 aromatic rings. The number of nitriles is 1. The molecule has 0 saturated carbocycles. The molecule has 1 aromatic carbocycles. The lowest BCUT2D eigenvalue weighted by Gasteiger charge is -2.13. The summed E-state index contributed by atoms with van der Waals surface area (Å²) in [6.07, 6.45) is 0.0413. The van der Waals surface area contributed by atoms with Crippen LogP contribution in [-0.2, 0) is 14.8 Å². The summed E-state index contributed by atoms with van der Waals surface area (Å²) >= 11 is 0. The monoisotopic (exact) mass is 282 g/mol. The molecule has 0 aliphatic rings. The minimum Gasteiger partial charge on any atom is -0.465 e. The average Bonchev–Trinajstić information content (AvgIpc) is 2.37. The van der Waals surface area contributed by atoms with Gasteiger partial charge in [-0.15, -0.1) is 0 Å². The van der Waals surface area contributed by atoms with Crippen molar-refractivity contribution >= 4 is 16.0 Å². The lowest BCUT2D eigenvalue weighted by molar-refractivity contribution is 0.0596. The third-order valence-electron chi connectivity index (χ3n) is 2.34. The first-order chi connectivity index (χ1) is 8.92. The maximum atomic E-state index is 12.1. The van der Waals surface area contributed by atoms with E-state index in [0.717, 1.165) is 0 Å². The van der Waals surface area contributed by atoms with Crippen molar-refractivity contribution in [3.05, 3.63) is 29.8 Å². The Morgan fingerprint density at radius 3 is 2.68 bits per heavy atom. The summed E-state index contributed by atoms with van der Waals surface area (Å²) in [4.78, 5) is 11.4. The van der Waals surface area contributed by atoms with Gasteiger partial charge in [0.25, 0.3) is 0 Å². The predicted octanol–water partition coefficient (Wildman–Crippen LogP) is 1.05. The van der Waals surface area contributed by atoms with Crippen molar-refractivity contribution in [2.45, 2.75) is 24.3 Å². The van der Waals surface area contributed by atoms with Crippen LogP contribution in [0.1, 0.15) is 23.7 Å². The molecular weight excluding hydrogens is 268 g/mol. The Balaban J connectivity index is 3.15. The SMILES string of the molecule is COC(=O)c1ccccc1S(=O)(=O)NC(C)CC#N. The van der Waals surface area contributed by atoms with E-state index in [-0.39, 0.29) is 16.9 Å². The fourth-order valence-corrected chi connectivity index (χ4v) is 2.93. The van der Waals surface area contributed by atoms with Crippen LogP contribution >= 0.6 is 0 Å². The van der Waals surface area contributed by atoms with Gasteiger partial charge < -0.3 is 4.74 Å². The molecule has 6 nitrogen and oxygen atoms in total. The highest BCUT2D eigenvalue weighted by Gasteiger charge is 2.23. The van der Waals surface area contributed by atoms with E-state index < -0.39 is 22.0 Å². The van der Waals surface area contributed by atoms with Gasteiger partial charge in [0.05, 0.1) is 30.1 Å². The molecule has 7 heteroatoms. The van der Waals surface area contributed by atoms with E-state index in [1.54, 1.807) is 13.0 Å². The number of carbonyl (C=O) groups is 1. The summed E-state index contributed by atoms with van der Waals surface area (Å²) in [7, 11) is -2.69. The minimum atomic E-state index is -3.87. The number of nitrogens with one attached hydrogen (secondary N) is 1. The molecule has 0 heterocycles. The smallest absolute Gasteiger partial charge is 0.339 e. The van der Waals surface area contributed by atoms with Gasteiger partial charge in [0.1, 0.15) is 0 Å². The third kappa shape index (κ3) is 3.77. The lowest BCUT2D eigenvalue weighted by Crippen LogP contribution is -2.33. The zero-order valence-electron chi connectivity index (χ0n) is 10.6. The van der Waals surface area contributed by atoms with Crippen LogP contribution in [-0.4, -0.2) is 27.5 Å². The number of esters is 1. The molecule has 1 atom stereocenters. The summed E-state index contributed by atoms with van der Waals surface area (Å²) in [5.41, 5.74) is -0.0401. The Morgan fingerprint density at radius 1 is 1.47 bits per heavy atom. The fraction of sp³-hybridized carbons (Fsp3) is 0.333. The largest absolute Gasteiger partial charge is 0.465 e. The second kappa shape index (κ2) is 6.31. The first kappa shape index (κ1) is 15.1. The molecule has 0 aliphatic carbocycles. The number of benzene rings is 1. The lowest BCUT2D eigenvalue weighted by atomic mass is 10.2. The fourth-order valence-electron chi connectivity index (χ4n) is 1.49. The number of methoxy groups -OCH3 is 1. The highest BCUT2D eigenvalue weighted by molar-refractivity contribution is 7.89. The molecule has 0 aromatic heterocycles. The molecule has 1 N–H and O–H groups in total. The van der Waals surface area contributed by atoms with Crippen LogP contribution in [0.2, 0.25) is 0 Å². The molecule has 0 spiro atoms. The highest BCUT2D eigenvalue weighted by atomic mass is 32.2. The van der Waals surface area contributed by atoms with Gasteiger partial charge >= 0.3 is 5.97 Å². The molecule has 1 unspecified atom stereocenters. The van der Waals surface area contributed by atoms with Crippen LogP contribution < -0.4 is 4.72 Å². The Bertz CT molecular complexity index is 604. The zero-order chi connectivity index (χ0) is 14.5. The molecule has 19 heavy (non-hydrogen) atoms. The zero-order valence-corrected chi connectivity index (χ0v) is 11.4. The topological polar surface area (TPSA) is 96.3 Å². The van der Waals surface area contributed by atoms with Gasteiger partial charge in [0.2, 0.25) is 10.0 Å². The van der Waals surface area contributed by atoms with E-state index in [1.165, 1.54) is 25.3 Å². The molecule has 0 fully saturated rings. The van der Waals surface area contributed by atoms with Crippen LogP contribution in [0.3, 0.4) is 0 Å². The van der Waals surface area contributed by atoms with Crippen molar-refractivity contribution < 1.29 is 17.9 Å². The molecule has 0 radical (unpaired) electrons. The quantitative estimate of drug-likeness (QED) is 0.814. The van der Waals surface area contributed by atoms with Crippen LogP contribution in [0.4, 0.5) is 0 Å². The summed E-state index contributed by atoms with van der Waals surface area (Å²) < 4.78 is 31.1. The van der Waals surface area contributed by atoms with Crippen LogP contribution in [0.15, 0.2) is 29.2 Å². The van der Waals surface area contributed by atoms with Crippen molar-refractivity contribution in [3.63, 3.8) is 0 Å². The van der Waals surface area contributed by atoms with Crippen LogP contribution in [0.5, 0.6) is 0 Å². The predicted molar refractivity (Wildman–Crippen MR) is 67.8 cm³/mol. The van der Waals surface area contributed by atoms with Crippen molar-refractivity contribution in [2.24, 2.45) is 0 Å². The molecule has 1 rings (SSSR count). The highest BCUT2D eigenvalue weighted by Crippen LogP contribution is 2.16. The molecule has 102 valence electrons. The van der Waals surface area contributed by atoms with Crippen molar-refractivity contribution in [3.8, 4) is 6.07 Å². The van der Waals surface area contributed by atoms with Gasteiger partial charge in [0, 0.05) is 6.04 Å². The average molecular weight is 282 g/mol. The molecule has 0 amide bonds. The van der Waals surface area contributed by atoms with Crippen LogP contribution in [0.25, 0.3) is 0 Å². The first-order valence-electron chi connectivity index (χ1n) is 5.49. The van der Waals surface area contributed by atoms with E-state index in [1.807, 2.05) is 6.07 Å². The normalized spacial score (nSPS) is 12.5. The van der Waals surface area contributed by atoms with E-state index in [4.69, 9.17) is 5.26 Å². The van der Waals surface area contributed by atoms with Crippen molar-refractivity contribution in [2.75, 3.05) is 7.11 Å². The number of hydrogen-bond donors (Lipinski definition) is 1. The second-order valence-corrected chi connectivity index (χ2v) is 5.55. The van der Waals surface area contributed by atoms with Crippen molar-refractivity contribution in [1.82, 2.24) is 4.72 Å². The number of ether oxygens (including phenoxy) is 1. The van der Waals surface area contributed by atoms with Gasteiger partial charge in [-0.2, -0.15) is 5.26 Å². The number of sulfonamides is 1. The van der Waals surface area contributed by atoms with Crippen molar-refractivity contribution in [1.29, 1.82) is 5.26 Å². The summed E-state index contributed by atoms with van der Waals surface area (Å²) in [6.45, 7) is 1.57. The maximum Gasteiger partial charge on any atom is 0.339 e. The minimum absolute atomic E-state index is 0.0401. The number of rotatable bonds is 5. The summed E-state index contributed by atoms with van der Waals surface area (Å²) in [6, 6.07) is 7.07. The maximum absolute atomic E-state index is 12.1. The summed E-state index contributed by atoms with van der Waals surface area (Å²) in [5.74, 6) is -0.728. The Hall–Kier alpha value is -1.91. The van der Waals surface area contributed by atoms with Gasteiger partial charge in [0.15, 0.2) is 0 Å². The molecular formula is C12H14N2O4S. The third-order valence-corrected chi connectivity index (χ3v) is 3.98. The molecule has 0 aliphatic heterocycles. The number of hydrogen-bond acceptors (Lipinski definition) is 5. The first-order valence-corrected chi connectivity index (χ1v) is 6.97.